The van der Waals surface area contributed by atoms with Gasteiger partial charge in [-0.1, -0.05) is 28.1 Å². The maximum Gasteiger partial charge on any atom is 0.282 e. The summed E-state index contributed by atoms with van der Waals surface area (Å²) in [6.07, 6.45) is 1.78. The van der Waals surface area contributed by atoms with Crippen LogP contribution < -0.4 is 4.90 Å². The third-order valence-corrected chi connectivity index (χ3v) is 7.03. The quantitative estimate of drug-likeness (QED) is 0.523. The van der Waals surface area contributed by atoms with E-state index >= 15 is 0 Å². The predicted molar refractivity (Wildman–Crippen MR) is 114 cm³/mol. The fourth-order valence-electron chi connectivity index (χ4n) is 3.39. The van der Waals surface area contributed by atoms with Crippen LogP contribution in [-0.2, 0) is 6.54 Å². The third kappa shape index (κ3) is 3.56. The Morgan fingerprint density at radius 3 is 2.47 bits per heavy atom. The van der Waals surface area contributed by atoms with Gasteiger partial charge in [0.1, 0.15) is 5.76 Å². The predicted octanol–water partition coefficient (Wildman–Crippen LogP) is 4.27. The molecule has 10 heteroatoms. The van der Waals surface area contributed by atoms with Crippen LogP contribution in [0.5, 0.6) is 0 Å². The number of aromatic nitrogens is 4. The Balaban J connectivity index is 1.71. The second-order valence-electron chi connectivity index (χ2n) is 7.58. The van der Waals surface area contributed by atoms with Crippen LogP contribution in [0.3, 0.4) is 0 Å². The van der Waals surface area contributed by atoms with Crippen LogP contribution in [0.1, 0.15) is 68.3 Å². The fraction of sp³-hybridized carbons (Fsp3) is 0.450. The highest BCUT2D eigenvalue weighted by Crippen LogP contribution is 2.37. The summed E-state index contributed by atoms with van der Waals surface area (Å²) in [5, 5.41) is 9.64. The lowest BCUT2D eigenvalue weighted by atomic mass is 10.1. The van der Waals surface area contributed by atoms with Gasteiger partial charge in [-0.25, -0.2) is 4.98 Å². The smallest absolute Gasteiger partial charge is 0.282 e. The highest BCUT2D eigenvalue weighted by atomic mass is 35.5. The Hall–Kier alpha value is -2.52. The molecule has 0 saturated heterocycles. The minimum absolute atomic E-state index is 0.0517. The molecule has 3 heterocycles. The first-order valence-corrected chi connectivity index (χ1v) is 10.8. The lowest BCUT2D eigenvalue weighted by molar-refractivity contribution is 0.0974. The second kappa shape index (κ2) is 7.63. The molecule has 8 nitrogen and oxygen atoms in total. The molecule has 0 N–H and O–H groups in total. The van der Waals surface area contributed by atoms with E-state index < -0.39 is 0 Å². The molecule has 1 amide bonds. The number of anilines is 1. The molecule has 158 valence electrons. The summed E-state index contributed by atoms with van der Waals surface area (Å²) >= 11 is 7.51. The number of amides is 1. The van der Waals surface area contributed by atoms with Gasteiger partial charge < -0.3 is 4.52 Å². The number of nitrogens with zero attached hydrogens (tertiary/aromatic N) is 5. The summed E-state index contributed by atoms with van der Waals surface area (Å²) in [6.45, 7) is 9.10. The number of rotatable bonds is 6. The van der Waals surface area contributed by atoms with Gasteiger partial charge in [0.05, 0.1) is 33.5 Å². The number of carbonyl (C=O) groups is 2. The van der Waals surface area contributed by atoms with Crippen LogP contribution in [0, 0.1) is 27.7 Å². The zero-order valence-electron chi connectivity index (χ0n) is 17.4. The molecule has 1 fully saturated rings. The largest absolute Gasteiger partial charge is 0.361 e. The molecule has 4 rings (SSSR count). The van der Waals surface area contributed by atoms with Crippen molar-refractivity contribution in [1.82, 2.24) is 19.9 Å². The van der Waals surface area contributed by atoms with Crippen LogP contribution in [0.15, 0.2) is 4.52 Å². The van der Waals surface area contributed by atoms with Crippen LogP contribution in [0.4, 0.5) is 5.13 Å². The Bertz CT molecular complexity index is 1160. The normalized spacial score (nSPS) is 13.7. The van der Waals surface area contributed by atoms with Crippen molar-refractivity contribution in [3.8, 4) is 0 Å². The first kappa shape index (κ1) is 20.7. The second-order valence-corrected chi connectivity index (χ2v) is 8.94. The van der Waals surface area contributed by atoms with Gasteiger partial charge in [0, 0.05) is 18.5 Å². The molecule has 30 heavy (non-hydrogen) atoms. The number of aryl methyl sites for hydroxylation is 3. The van der Waals surface area contributed by atoms with Crippen molar-refractivity contribution < 1.29 is 14.1 Å². The highest BCUT2D eigenvalue weighted by Gasteiger charge is 2.39. The summed E-state index contributed by atoms with van der Waals surface area (Å²) < 4.78 is 7.12. The summed E-state index contributed by atoms with van der Waals surface area (Å²) in [5.41, 5.74) is 3.07. The zero-order chi connectivity index (χ0) is 21.7. The van der Waals surface area contributed by atoms with Crippen LogP contribution in [0.2, 0.25) is 5.02 Å². The SMILES string of the molecule is CC(=O)c1sc(N(C(=O)c2noc(C)c2Cn2nc(C)c(Cl)c2C)C2CC2)nc1C. The van der Waals surface area contributed by atoms with Gasteiger partial charge in [0.25, 0.3) is 5.91 Å². The molecule has 0 bridgehead atoms. The molecule has 3 aromatic rings. The van der Waals surface area contributed by atoms with Crippen LogP contribution in [0.25, 0.3) is 0 Å². The first-order valence-electron chi connectivity index (χ1n) is 9.65. The minimum atomic E-state index is -0.277. The van der Waals surface area contributed by atoms with Crippen molar-refractivity contribution >= 4 is 39.8 Å². The molecule has 3 aromatic heterocycles. The summed E-state index contributed by atoms with van der Waals surface area (Å²) in [5.74, 6) is 0.220. The van der Waals surface area contributed by atoms with Crippen LogP contribution in [-0.4, -0.2) is 37.7 Å². The number of hydrogen-bond donors (Lipinski definition) is 0. The van der Waals surface area contributed by atoms with E-state index in [9.17, 15) is 9.59 Å². The maximum atomic E-state index is 13.5. The van der Waals surface area contributed by atoms with E-state index in [-0.39, 0.29) is 23.4 Å². The molecular formula is C20H22ClN5O3S. The van der Waals surface area contributed by atoms with Gasteiger partial charge in [-0.3, -0.25) is 19.2 Å². The van der Waals surface area contributed by atoms with Gasteiger partial charge in [0.2, 0.25) is 0 Å². The molecule has 0 spiro atoms. The van der Waals surface area contributed by atoms with Crippen molar-refractivity contribution in [1.29, 1.82) is 0 Å². The molecule has 0 unspecified atom stereocenters. The Morgan fingerprint density at radius 1 is 1.23 bits per heavy atom. The topological polar surface area (TPSA) is 94.1 Å². The molecular weight excluding hydrogens is 426 g/mol. The van der Waals surface area contributed by atoms with Crippen molar-refractivity contribution in [2.24, 2.45) is 0 Å². The van der Waals surface area contributed by atoms with E-state index in [2.05, 4.69) is 15.2 Å². The monoisotopic (exact) mass is 447 g/mol. The summed E-state index contributed by atoms with van der Waals surface area (Å²) in [7, 11) is 0. The maximum absolute atomic E-state index is 13.5. The molecule has 0 radical (unpaired) electrons. The number of Topliss-reactive ketones (excluding diaryl/α,β-unsaturated/α-hetero) is 1. The molecule has 0 atom stereocenters. The van der Waals surface area contributed by atoms with E-state index in [1.54, 1.807) is 23.4 Å². The minimum Gasteiger partial charge on any atom is -0.361 e. The lowest BCUT2D eigenvalue weighted by Crippen LogP contribution is -2.34. The Labute approximate surface area is 182 Å². The van der Waals surface area contributed by atoms with E-state index in [1.165, 1.54) is 18.3 Å². The standard InChI is InChI=1S/C20H22ClN5O3S/c1-9-16(21)11(3)25(23-9)8-15-13(5)29-24-17(15)19(28)26(14-6-7-14)20-22-10(2)18(30-20)12(4)27/h14H,6-8H2,1-5H3. The lowest BCUT2D eigenvalue weighted by Gasteiger charge is -2.18. The van der Waals surface area contributed by atoms with Crippen molar-refractivity contribution in [3.63, 3.8) is 0 Å². The number of halogens is 1. The number of carbonyl (C=O) groups excluding carboxylic acids is 2. The summed E-state index contributed by atoms with van der Waals surface area (Å²) in [4.78, 5) is 32.1. The average Bonchev–Trinajstić information content (AvgIpc) is 3.28. The average molecular weight is 448 g/mol. The van der Waals surface area contributed by atoms with E-state index in [4.69, 9.17) is 16.1 Å². The van der Waals surface area contributed by atoms with E-state index in [0.29, 0.717) is 38.6 Å². The van der Waals surface area contributed by atoms with Crippen molar-refractivity contribution in [2.45, 2.75) is 60.0 Å². The Kier molecular flexibility index (Phi) is 5.27. The molecule has 1 aliphatic rings. The molecule has 1 aliphatic carbocycles. The number of ketones is 1. The van der Waals surface area contributed by atoms with E-state index in [1.807, 2.05) is 13.8 Å². The third-order valence-electron chi connectivity index (χ3n) is 5.23. The van der Waals surface area contributed by atoms with Gasteiger partial charge in [-0.15, -0.1) is 0 Å². The van der Waals surface area contributed by atoms with Gasteiger partial charge in [-0.2, -0.15) is 5.10 Å². The van der Waals surface area contributed by atoms with Gasteiger partial charge in [0.15, 0.2) is 16.6 Å². The van der Waals surface area contributed by atoms with E-state index in [0.717, 1.165) is 24.2 Å². The number of hydrogen-bond acceptors (Lipinski definition) is 7. The van der Waals surface area contributed by atoms with Crippen molar-refractivity contribution in [2.75, 3.05) is 4.90 Å². The number of thiazole rings is 1. The molecule has 0 aromatic carbocycles. The Morgan fingerprint density at radius 2 is 1.93 bits per heavy atom. The molecule has 1 saturated carbocycles. The first-order chi connectivity index (χ1) is 14.2. The van der Waals surface area contributed by atoms with Crippen LogP contribution >= 0.6 is 22.9 Å². The zero-order valence-corrected chi connectivity index (χ0v) is 19.0. The summed E-state index contributed by atoms with van der Waals surface area (Å²) in [6, 6.07) is 0.0517. The van der Waals surface area contributed by atoms with Gasteiger partial charge >= 0.3 is 0 Å². The highest BCUT2D eigenvalue weighted by molar-refractivity contribution is 7.17. The fourth-order valence-corrected chi connectivity index (χ4v) is 4.56. The van der Waals surface area contributed by atoms with Crippen molar-refractivity contribution in [3.05, 3.63) is 44.0 Å². The molecule has 0 aliphatic heterocycles. The van der Waals surface area contributed by atoms with Gasteiger partial charge in [-0.05, 0) is 40.5 Å².